The fraction of sp³-hybridized carbons (Fsp3) is 0.0357. The highest BCUT2D eigenvalue weighted by Crippen LogP contribution is 2.46. The minimum atomic E-state index is 0.304. The Balaban J connectivity index is 1.04. The van der Waals surface area contributed by atoms with E-state index in [1.54, 1.807) is 0 Å². The molecule has 1 atom stereocenters. The molecule has 0 N–H and O–H groups in total. The number of hydrogen-bond acceptors (Lipinski definition) is 2. The molecule has 0 fully saturated rings. The quantitative estimate of drug-likeness (QED) is 0.162. The fourth-order valence-electron chi connectivity index (χ4n) is 8.97. The summed E-state index contributed by atoms with van der Waals surface area (Å²) in [5.41, 5.74) is 13.7. The van der Waals surface area contributed by atoms with Crippen molar-refractivity contribution in [1.82, 2.24) is 0 Å². The molecule has 1 aliphatic rings. The summed E-state index contributed by atoms with van der Waals surface area (Å²) >= 11 is 0. The van der Waals surface area contributed by atoms with Crippen molar-refractivity contribution in [3.63, 3.8) is 0 Å². The summed E-state index contributed by atoms with van der Waals surface area (Å²) in [6, 6.07) is 72.4. The zero-order valence-electron chi connectivity index (χ0n) is 31.9. The van der Waals surface area contributed by atoms with Gasteiger partial charge >= 0.3 is 0 Å². The van der Waals surface area contributed by atoms with Crippen molar-refractivity contribution in [2.45, 2.75) is 12.3 Å². The number of rotatable bonds is 7. The van der Waals surface area contributed by atoms with Gasteiger partial charge in [-0.2, -0.15) is 0 Å². The summed E-state index contributed by atoms with van der Waals surface area (Å²) in [5, 5.41) is 7.13. The Hall–Kier alpha value is -7.42. The Morgan fingerprint density at radius 3 is 1.91 bits per heavy atom. The lowest BCUT2D eigenvalue weighted by Crippen LogP contribution is -2.11. The highest BCUT2D eigenvalue weighted by molar-refractivity contribution is 6.16. The first-order chi connectivity index (χ1) is 28.7. The monoisotopic (exact) mass is 741 g/mol. The van der Waals surface area contributed by atoms with Gasteiger partial charge in [-0.15, -0.1) is 0 Å². The fourth-order valence-corrected chi connectivity index (χ4v) is 8.97. The second-order valence-corrected chi connectivity index (χ2v) is 15.2. The Labute approximate surface area is 338 Å². The molecule has 9 aromatic carbocycles. The number of fused-ring (bicyclic) bond motifs is 5. The Kier molecular flexibility index (Phi) is 8.33. The van der Waals surface area contributed by atoms with Crippen LogP contribution in [0, 0.1) is 0 Å². The maximum atomic E-state index is 6.56. The van der Waals surface area contributed by atoms with E-state index in [1.807, 2.05) is 0 Å². The maximum absolute atomic E-state index is 6.56. The summed E-state index contributed by atoms with van der Waals surface area (Å²) < 4.78 is 6.56. The van der Waals surface area contributed by atoms with Crippen LogP contribution in [0.25, 0.3) is 71.3 Å². The van der Waals surface area contributed by atoms with Gasteiger partial charge in [-0.1, -0.05) is 170 Å². The summed E-state index contributed by atoms with van der Waals surface area (Å²) in [4.78, 5) is 2.41. The molecule has 11 rings (SSSR count). The lowest BCUT2D eigenvalue weighted by molar-refractivity contribution is 0.669. The number of para-hydroxylation sites is 1. The molecule has 0 saturated heterocycles. The van der Waals surface area contributed by atoms with Crippen LogP contribution < -0.4 is 4.90 Å². The van der Waals surface area contributed by atoms with Crippen LogP contribution in [-0.2, 0) is 0 Å². The predicted molar refractivity (Wildman–Crippen MR) is 245 cm³/mol. The van der Waals surface area contributed by atoms with Gasteiger partial charge in [0.25, 0.3) is 0 Å². The van der Waals surface area contributed by atoms with Gasteiger partial charge in [-0.3, -0.25) is 0 Å². The van der Waals surface area contributed by atoms with Gasteiger partial charge in [0.15, 0.2) is 0 Å². The van der Waals surface area contributed by atoms with Crippen molar-refractivity contribution in [3.8, 4) is 22.3 Å². The maximum Gasteiger partial charge on any atom is 0.136 e. The molecule has 2 heteroatoms. The number of hydrogen-bond donors (Lipinski definition) is 0. The average molecular weight is 742 g/mol. The zero-order chi connectivity index (χ0) is 38.4. The minimum absolute atomic E-state index is 0.304. The van der Waals surface area contributed by atoms with Crippen molar-refractivity contribution in [3.05, 3.63) is 230 Å². The average Bonchev–Trinajstić information content (AvgIpc) is 3.67. The first-order valence-electron chi connectivity index (χ1n) is 20.1. The second kappa shape index (κ2) is 14.3. The Morgan fingerprint density at radius 1 is 0.448 bits per heavy atom. The molecular formula is C56H39NO. The van der Waals surface area contributed by atoms with Crippen molar-refractivity contribution < 1.29 is 4.42 Å². The van der Waals surface area contributed by atoms with E-state index >= 15 is 0 Å². The lowest BCUT2D eigenvalue weighted by Gasteiger charge is -2.29. The molecule has 58 heavy (non-hydrogen) atoms. The van der Waals surface area contributed by atoms with Gasteiger partial charge < -0.3 is 9.32 Å². The number of allylic oxidation sites excluding steroid dienone is 4. The molecule has 0 saturated carbocycles. The van der Waals surface area contributed by atoms with Crippen LogP contribution in [0.2, 0.25) is 0 Å². The van der Waals surface area contributed by atoms with Gasteiger partial charge in [0.05, 0.1) is 5.69 Å². The predicted octanol–water partition coefficient (Wildman–Crippen LogP) is 15.8. The van der Waals surface area contributed by atoms with E-state index in [0.717, 1.165) is 56.5 Å². The molecule has 0 bridgehead atoms. The van der Waals surface area contributed by atoms with Crippen molar-refractivity contribution >= 4 is 66.1 Å². The molecule has 1 unspecified atom stereocenters. The van der Waals surface area contributed by atoms with E-state index in [4.69, 9.17) is 4.42 Å². The summed E-state index contributed by atoms with van der Waals surface area (Å²) in [7, 11) is 0. The van der Waals surface area contributed by atoms with E-state index in [9.17, 15) is 0 Å². The van der Waals surface area contributed by atoms with Gasteiger partial charge in [0, 0.05) is 33.6 Å². The number of anilines is 3. The first-order valence-corrected chi connectivity index (χ1v) is 20.1. The van der Waals surface area contributed by atoms with E-state index in [2.05, 4.69) is 223 Å². The second-order valence-electron chi connectivity index (χ2n) is 15.2. The highest BCUT2D eigenvalue weighted by Gasteiger charge is 2.22. The van der Waals surface area contributed by atoms with Gasteiger partial charge in [-0.05, 0) is 110 Å². The van der Waals surface area contributed by atoms with Crippen LogP contribution in [0.4, 0.5) is 17.1 Å². The van der Waals surface area contributed by atoms with Crippen LogP contribution in [0.5, 0.6) is 0 Å². The summed E-state index contributed by atoms with van der Waals surface area (Å²) in [5.74, 6) is 0.304. The van der Waals surface area contributed by atoms with Crippen LogP contribution in [0.3, 0.4) is 0 Å². The van der Waals surface area contributed by atoms with E-state index in [1.165, 1.54) is 49.4 Å². The van der Waals surface area contributed by atoms with Crippen LogP contribution >= 0.6 is 0 Å². The molecule has 274 valence electrons. The molecule has 10 aromatic rings. The standard InChI is InChI=1S/C56H39NO/c1-2-13-38(14-3-1)42-19-10-20-43(35-42)39-27-31-46(32-28-39)57(47-33-29-41(30-34-47)49-23-11-18-40-15-6-7-21-48(40)49)53-25-9-8-22-50(53)51-24-12-26-54-56(51)52-36-44-16-4-5-17-45(44)37-55(52)58-54/h1-34,36-37,43H,35H2. The van der Waals surface area contributed by atoms with Crippen molar-refractivity contribution in [2.24, 2.45) is 0 Å². The summed E-state index contributed by atoms with van der Waals surface area (Å²) in [6.07, 6.45) is 7.78. The van der Waals surface area contributed by atoms with Crippen LogP contribution in [-0.4, -0.2) is 0 Å². The highest BCUT2D eigenvalue weighted by atomic mass is 16.3. The number of nitrogens with zero attached hydrogens (tertiary/aromatic N) is 1. The first kappa shape index (κ1) is 33.9. The molecule has 0 amide bonds. The van der Waals surface area contributed by atoms with E-state index in [-0.39, 0.29) is 0 Å². The van der Waals surface area contributed by atoms with E-state index in [0.29, 0.717) is 5.92 Å². The topological polar surface area (TPSA) is 16.4 Å². The third kappa shape index (κ3) is 5.98. The molecule has 1 aliphatic carbocycles. The van der Waals surface area contributed by atoms with E-state index < -0.39 is 0 Å². The molecular weight excluding hydrogens is 703 g/mol. The SMILES string of the molecule is C1=CC(c2ccc(N(c3ccc(-c4cccc5ccccc45)cc3)c3ccccc3-c3cccc4oc5cc6ccccc6cc5c34)cc2)CC(c2ccccc2)=C1. The molecule has 0 radical (unpaired) electrons. The minimum Gasteiger partial charge on any atom is -0.456 e. The summed E-state index contributed by atoms with van der Waals surface area (Å²) in [6.45, 7) is 0. The van der Waals surface area contributed by atoms with Gasteiger partial charge in [-0.25, -0.2) is 0 Å². The third-order valence-electron chi connectivity index (χ3n) is 11.8. The largest absolute Gasteiger partial charge is 0.456 e. The smallest absolute Gasteiger partial charge is 0.136 e. The normalized spacial score (nSPS) is 14.0. The molecule has 2 nitrogen and oxygen atoms in total. The van der Waals surface area contributed by atoms with Crippen molar-refractivity contribution in [1.29, 1.82) is 0 Å². The third-order valence-corrected chi connectivity index (χ3v) is 11.8. The van der Waals surface area contributed by atoms with Gasteiger partial charge in [0.1, 0.15) is 11.2 Å². The van der Waals surface area contributed by atoms with Crippen LogP contribution in [0.1, 0.15) is 23.5 Å². The number of benzene rings is 9. The molecule has 0 spiro atoms. The van der Waals surface area contributed by atoms with Crippen molar-refractivity contribution in [2.75, 3.05) is 4.90 Å². The number of furan rings is 1. The Morgan fingerprint density at radius 2 is 1.09 bits per heavy atom. The zero-order valence-corrected chi connectivity index (χ0v) is 31.9. The van der Waals surface area contributed by atoms with Crippen LogP contribution in [0.15, 0.2) is 223 Å². The van der Waals surface area contributed by atoms with Gasteiger partial charge in [0.2, 0.25) is 0 Å². The lowest BCUT2D eigenvalue weighted by atomic mass is 9.85. The molecule has 1 aromatic heterocycles. The molecule has 1 heterocycles. The Bertz CT molecular complexity index is 3180. The molecule has 0 aliphatic heterocycles.